The molecule has 0 heterocycles. The van der Waals surface area contributed by atoms with Crippen LogP contribution >= 0.6 is 11.6 Å². The number of hydrogen-bond acceptors (Lipinski definition) is 2. The summed E-state index contributed by atoms with van der Waals surface area (Å²) in [5, 5.41) is 6.20. The largest absolute Gasteiger partial charge is 0.350 e. The molecule has 124 valence electrons. The Morgan fingerprint density at radius 1 is 1.08 bits per heavy atom. The SMILES string of the molecule is CC(C)NC(=O)c1cccc(NC(=O)/C=C/c2ccc(Cl)cc2)c1. The molecule has 0 aliphatic heterocycles. The summed E-state index contributed by atoms with van der Waals surface area (Å²) in [7, 11) is 0. The normalized spacial score (nSPS) is 10.8. The molecule has 0 aliphatic rings. The standard InChI is InChI=1S/C19H19ClN2O2/c1-13(2)21-19(24)15-4-3-5-17(12-15)22-18(23)11-8-14-6-9-16(20)10-7-14/h3-13H,1-2H3,(H,21,24)(H,22,23)/b11-8+. The van der Waals surface area contributed by atoms with Gasteiger partial charge in [0.05, 0.1) is 0 Å². The lowest BCUT2D eigenvalue weighted by Gasteiger charge is -2.09. The molecule has 2 aromatic carbocycles. The number of carbonyl (C=O) groups excluding carboxylic acids is 2. The number of amides is 2. The monoisotopic (exact) mass is 342 g/mol. The quantitative estimate of drug-likeness (QED) is 0.803. The fourth-order valence-corrected chi connectivity index (χ4v) is 2.14. The van der Waals surface area contributed by atoms with Gasteiger partial charge in [-0.25, -0.2) is 0 Å². The van der Waals surface area contributed by atoms with Crippen molar-refractivity contribution < 1.29 is 9.59 Å². The molecule has 4 nitrogen and oxygen atoms in total. The summed E-state index contributed by atoms with van der Waals surface area (Å²) < 4.78 is 0. The van der Waals surface area contributed by atoms with Gasteiger partial charge in [-0.05, 0) is 55.8 Å². The van der Waals surface area contributed by atoms with Crippen LogP contribution in [0.4, 0.5) is 5.69 Å². The molecule has 2 N–H and O–H groups in total. The van der Waals surface area contributed by atoms with Crippen LogP contribution in [0.25, 0.3) is 6.08 Å². The smallest absolute Gasteiger partial charge is 0.251 e. The van der Waals surface area contributed by atoms with E-state index in [0.717, 1.165) is 5.56 Å². The van der Waals surface area contributed by atoms with Crippen LogP contribution in [0.1, 0.15) is 29.8 Å². The molecule has 2 rings (SSSR count). The van der Waals surface area contributed by atoms with E-state index in [-0.39, 0.29) is 17.9 Å². The van der Waals surface area contributed by atoms with Crippen molar-refractivity contribution in [1.82, 2.24) is 5.32 Å². The summed E-state index contributed by atoms with van der Waals surface area (Å²) in [6.45, 7) is 3.79. The van der Waals surface area contributed by atoms with Gasteiger partial charge in [-0.3, -0.25) is 9.59 Å². The summed E-state index contributed by atoms with van der Waals surface area (Å²) in [5.41, 5.74) is 1.94. The molecule has 0 saturated carbocycles. The topological polar surface area (TPSA) is 58.2 Å². The van der Waals surface area contributed by atoms with Gasteiger partial charge in [0.1, 0.15) is 0 Å². The zero-order valence-electron chi connectivity index (χ0n) is 13.5. The predicted molar refractivity (Wildman–Crippen MR) is 98.2 cm³/mol. The van der Waals surface area contributed by atoms with Crippen LogP contribution in [-0.2, 0) is 4.79 Å². The number of halogens is 1. The first-order valence-electron chi connectivity index (χ1n) is 7.59. The van der Waals surface area contributed by atoms with Crippen molar-refractivity contribution in [2.45, 2.75) is 19.9 Å². The third-order valence-corrected chi connectivity index (χ3v) is 3.36. The molecule has 5 heteroatoms. The fourth-order valence-electron chi connectivity index (χ4n) is 2.01. The summed E-state index contributed by atoms with van der Waals surface area (Å²) in [4.78, 5) is 24.0. The Morgan fingerprint density at radius 2 is 1.79 bits per heavy atom. The highest BCUT2D eigenvalue weighted by Crippen LogP contribution is 2.13. The molecule has 0 fully saturated rings. The van der Waals surface area contributed by atoms with Crippen molar-refractivity contribution in [1.29, 1.82) is 0 Å². The minimum Gasteiger partial charge on any atom is -0.350 e. The van der Waals surface area contributed by atoms with E-state index in [1.807, 2.05) is 26.0 Å². The Balaban J connectivity index is 2.01. The number of carbonyl (C=O) groups is 2. The second-order valence-corrected chi connectivity index (χ2v) is 6.02. The van der Waals surface area contributed by atoms with E-state index in [1.165, 1.54) is 6.08 Å². The van der Waals surface area contributed by atoms with E-state index < -0.39 is 0 Å². The fraction of sp³-hybridized carbons (Fsp3) is 0.158. The Bertz CT molecular complexity index is 752. The maximum Gasteiger partial charge on any atom is 0.251 e. The lowest BCUT2D eigenvalue weighted by atomic mass is 10.1. The second-order valence-electron chi connectivity index (χ2n) is 5.58. The molecule has 0 aromatic heterocycles. The third kappa shape index (κ3) is 5.56. The van der Waals surface area contributed by atoms with Crippen LogP contribution in [0, 0.1) is 0 Å². The number of hydrogen-bond donors (Lipinski definition) is 2. The van der Waals surface area contributed by atoms with Gasteiger partial charge in [0, 0.05) is 28.4 Å². The minimum absolute atomic E-state index is 0.0538. The number of anilines is 1. The van der Waals surface area contributed by atoms with Crippen molar-refractivity contribution in [3.8, 4) is 0 Å². The van der Waals surface area contributed by atoms with Crippen molar-refractivity contribution in [2.75, 3.05) is 5.32 Å². The molecule has 2 aromatic rings. The molecular formula is C19H19ClN2O2. The Morgan fingerprint density at radius 3 is 2.46 bits per heavy atom. The van der Waals surface area contributed by atoms with Gasteiger partial charge in [-0.1, -0.05) is 29.8 Å². The van der Waals surface area contributed by atoms with Gasteiger partial charge in [-0.2, -0.15) is 0 Å². The second kappa shape index (κ2) is 8.31. The third-order valence-electron chi connectivity index (χ3n) is 3.11. The van der Waals surface area contributed by atoms with E-state index >= 15 is 0 Å². The van der Waals surface area contributed by atoms with Crippen molar-refractivity contribution in [2.24, 2.45) is 0 Å². The highest BCUT2D eigenvalue weighted by Gasteiger charge is 2.08. The molecule has 0 radical (unpaired) electrons. The highest BCUT2D eigenvalue weighted by atomic mass is 35.5. The van der Waals surface area contributed by atoms with Crippen molar-refractivity contribution in [3.05, 3.63) is 70.8 Å². The van der Waals surface area contributed by atoms with Crippen LogP contribution in [0.3, 0.4) is 0 Å². The first-order valence-corrected chi connectivity index (χ1v) is 7.97. The van der Waals surface area contributed by atoms with Gasteiger partial charge in [-0.15, -0.1) is 0 Å². The zero-order chi connectivity index (χ0) is 17.5. The number of rotatable bonds is 5. The number of benzene rings is 2. The van der Waals surface area contributed by atoms with Crippen LogP contribution in [-0.4, -0.2) is 17.9 Å². The Kier molecular flexibility index (Phi) is 6.15. The highest BCUT2D eigenvalue weighted by molar-refractivity contribution is 6.30. The first-order chi connectivity index (χ1) is 11.4. The summed E-state index contributed by atoms with van der Waals surface area (Å²) in [6.07, 6.45) is 3.13. The van der Waals surface area contributed by atoms with Crippen molar-refractivity contribution in [3.63, 3.8) is 0 Å². The van der Waals surface area contributed by atoms with Crippen LogP contribution in [0.15, 0.2) is 54.6 Å². The molecule has 0 spiro atoms. The van der Waals surface area contributed by atoms with E-state index in [9.17, 15) is 9.59 Å². The van der Waals surface area contributed by atoms with Gasteiger partial charge in [0.2, 0.25) is 5.91 Å². The van der Waals surface area contributed by atoms with Crippen LogP contribution in [0.5, 0.6) is 0 Å². The molecule has 0 saturated heterocycles. The van der Waals surface area contributed by atoms with Crippen LogP contribution < -0.4 is 10.6 Å². The maximum atomic E-state index is 12.0. The molecule has 0 atom stereocenters. The molecule has 2 amide bonds. The van der Waals surface area contributed by atoms with Gasteiger partial charge < -0.3 is 10.6 Å². The van der Waals surface area contributed by atoms with E-state index in [4.69, 9.17) is 11.6 Å². The van der Waals surface area contributed by atoms with Gasteiger partial charge in [0.15, 0.2) is 0 Å². The molecule has 0 bridgehead atoms. The molecular weight excluding hydrogens is 324 g/mol. The summed E-state index contributed by atoms with van der Waals surface area (Å²) in [5.74, 6) is -0.441. The average molecular weight is 343 g/mol. The maximum absolute atomic E-state index is 12.0. The minimum atomic E-state index is -0.272. The Labute approximate surface area is 146 Å². The average Bonchev–Trinajstić information content (AvgIpc) is 2.54. The first kappa shape index (κ1) is 17.8. The lowest BCUT2D eigenvalue weighted by molar-refractivity contribution is -0.111. The summed E-state index contributed by atoms with van der Waals surface area (Å²) >= 11 is 5.82. The van der Waals surface area contributed by atoms with E-state index in [1.54, 1.807) is 42.5 Å². The predicted octanol–water partition coefficient (Wildman–Crippen LogP) is 4.13. The van der Waals surface area contributed by atoms with Gasteiger partial charge in [0.25, 0.3) is 5.91 Å². The van der Waals surface area contributed by atoms with Gasteiger partial charge >= 0.3 is 0 Å². The molecule has 0 aliphatic carbocycles. The Hall–Kier alpha value is -2.59. The van der Waals surface area contributed by atoms with E-state index in [0.29, 0.717) is 16.3 Å². The number of nitrogens with one attached hydrogen (secondary N) is 2. The lowest BCUT2D eigenvalue weighted by Crippen LogP contribution is -2.30. The molecule has 24 heavy (non-hydrogen) atoms. The molecule has 0 unspecified atom stereocenters. The van der Waals surface area contributed by atoms with E-state index in [2.05, 4.69) is 10.6 Å². The summed E-state index contributed by atoms with van der Waals surface area (Å²) in [6, 6.07) is 14.0. The van der Waals surface area contributed by atoms with Crippen LogP contribution in [0.2, 0.25) is 5.02 Å². The zero-order valence-corrected chi connectivity index (χ0v) is 14.3. The van der Waals surface area contributed by atoms with Crippen molar-refractivity contribution >= 4 is 35.2 Å².